The number of hydrogen-bond acceptors (Lipinski definition) is 6. The Morgan fingerprint density at radius 3 is 2.11 bits per heavy atom. The summed E-state index contributed by atoms with van der Waals surface area (Å²) in [5, 5.41) is 0. The molecular formula is C13H9F6N3O4S. The fourth-order valence-corrected chi connectivity index (χ4v) is 2.10. The maximum absolute atomic E-state index is 12.3. The minimum atomic E-state index is -5.57. The molecule has 1 heterocycles. The van der Waals surface area contributed by atoms with E-state index in [-0.39, 0.29) is 17.3 Å². The molecule has 0 aliphatic heterocycles. The molecular weight excluding hydrogens is 408 g/mol. The van der Waals surface area contributed by atoms with Gasteiger partial charge in [0.05, 0.1) is 6.07 Å². The fraction of sp³-hybridized carbons (Fsp3) is 0.231. The number of aromatic nitrogens is 2. The second-order valence-electron chi connectivity index (χ2n) is 4.78. The Morgan fingerprint density at radius 2 is 1.56 bits per heavy atom. The number of anilines is 1. The minimum Gasteiger partial charge on any atom is -0.468 e. The van der Waals surface area contributed by atoms with Crippen LogP contribution in [0, 0.1) is 0 Å². The van der Waals surface area contributed by atoms with E-state index < -0.39 is 34.2 Å². The predicted molar refractivity (Wildman–Crippen MR) is 78.7 cm³/mol. The summed E-state index contributed by atoms with van der Waals surface area (Å²) >= 11 is 0. The van der Waals surface area contributed by atoms with Crippen molar-refractivity contribution in [2.24, 2.45) is 0 Å². The first-order chi connectivity index (χ1) is 12.4. The number of sulfonamides is 1. The topological polar surface area (TPSA) is 90.4 Å². The first-order valence-electron chi connectivity index (χ1n) is 6.74. The number of halogens is 6. The van der Waals surface area contributed by atoms with Crippen molar-refractivity contribution in [1.82, 2.24) is 9.97 Å². The summed E-state index contributed by atoms with van der Waals surface area (Å²) in [6.45, 7) is -1.57. The van der Waals surface area contributed by atoms with Crippen molar-refractivity contribution in [3.8, 4) is 17.5 Å². The van der Waals surface area contributed by atoms with Crippen molar-refractivity contribution in [3.05, 3.63) is 36.7 Å². The lowest BCUT2D eigenvalue weighted by atomic mass is 10.3. The molecule has 1 aromatic heterocycles. The van der Waals surface area contributed by atoms with Crippen molar-refractivity contribution < 1.29 is 44.2 Å². The van der Waals surface area contributed by atoms with E-state index in [0.717, 1.165) is 36.7 Å². The summed E-state index contributed by atoms with van der Waals surface area (Å²) < 4.78 is 106. The molecule has 0 radical (unpaired) electrons. The number of nitrogens with zero attached hydrogens (tertiary/aromatic N) is 2. The molecule has 0 atom stereocenters. The van der Waals surface area contributed by atoms with E-state index in [1.165, 1.54) is 4.72 Å². The van der Waals surface area contributed by atoms with E-state index in [0.29, 0.717) is 0 Å². The maximum Gasteiger partial charge on any atom is 0.516 e. The number of benzene rings is 1. The SMILES string of the molecule is O=S(=O)(Nc1ccc(Oc2cc(OCC(F)(F)F)ncn2)cc1)C(F)(F)F. The van der Waals surface area contributed by atoms with Crippen LogP contribution < -0.4 is 14.2 Å². The highest BCUT2D eigenvalue weighted by molar-refractivity contribution is 7.93. The molecule has 0 fully saturated rings. The summed E-state index contributed by atoms with van der Waals surface area (Å²) in [6, 6.07) is 5.17. The van der Waals surface area contributed by atoms with Crippen LogP contribution in [0.4, 0.5) is 32.0 Å². The predicted octanol–water partition coefficient (Wildman–Crippen LogP) is 3.47. The number of rotatable bonds is 6. The molecule has 0 amide bonds. The second kappa shape index (κ2) is 7.46. The lowest BCUT2D eigenvalue weighted by molar-refractivity contribution is -0.154. The number of ether oxygens (including phenoxy) is 2. The molecule has 0 unspecified atom stereocenters. The van der Waals surface area contributed by atoms with Gasteiger partial charge in [-0.2, -0.15) is 34.8 Å². The van der Waals surface area contributed by atoms with Gasteiger partial charge in [-0.3, -0.25) is 4.72 Å². The van der Waals surface area contributed by atoms with E-state index in [9.17, 15) is 34.8 Å². The molecule has 0 saturated heterocycles. The summed E-state index contributed by atoms with van der Waals surface area (Å²) in [5.74, 6) is -0.594. The van der Waals surface area contributed by atoms with Gasteiger partial charge < -0.3 is 9.47 Å². The van der Waals surface area contributed by atoms with Gasteiger partial charge >= 0.3 is 21.7 Å². The lowest BCUT2D eigenvalue weighted by Crippen LogP contribution is -2.29. The van der Waals surface area contributed by atoms with Crippen LogP contribution in [0.5, 0.6) is 17.5 Å². The van der Waals surface area contributed by atoms with Crippen LogP contribution in [0.15, 0.2) is 36.7 Å². The lowest BCUT2D eigenvalue weighted by Gasteiger charge is -2.11. The van der Waals surface area contributed by atoms with Crippen molar-refractivity contribution in [2.75, 3.05) is 11.3 Å². The maximum atomic E-state index is 12.3. The van der Waals surface area contributed by atoms with Gasteiger partial charge in [0, 0.05) is 5.69 Å². The van der Waals surface area contributed by atoms with Gasteiger partial charge in [-0.1, -0.05) is 0 Å². The quantitative estimate of drug-likeness (QED) is 0.724. The average molecular weight is 417 g/mol. The molecule has 0 bridgehead atoms. The molecule has 2 aromatic rings. The smallest absolute Gasteiger partial charge is 0.468 e. The third-order valence-electron chi connectivity index (χ3n) is 2.63. The van der Waals surface area contributed by atoms with Crippen LogP contribution in [0.25, 0.3) is 0 Å². The third kappa shape index (κ3) is 6.16. The van der Waals surface area contributed by atoms with Crippen molar-refractivity contribution in [1.29, 1.82) is 0 Å². The van der Waals surface area contributed by atoms with E-state index >= 15 is 0 Å². The second-order valence-corrected chi connectivity index (χ2v) is 6.45. The molecule has 14 heteroatoms. The van der Waals surface area contributed by atoms with Crippen LogP contribution in [-0.2, 0) is 10.0 Å². The third-order valence-corrected chi connectivity index (χ3v) is 3.75. The van der Waals surface area contributed by atoms with Gasteiger partial charge in [0.2, 0.25) is 11.8 Å². The van der Waals surface area contributed by atoms with Crippen LogP contribution in [0.1, 0.15) is 0 Å². The first-order valence-corrected chi connectivity index (χ1v) is 8.23. The van der Waals surface area contributed by atoms with Gasteiger partial charge in [-0.05, 0) is 24.3 Å². The van der Waals surface area contributed by atoms with Crippen LogP contribution >= 0.6 is 0 Å². The van der Waals surface area contributed by atoms with E-state index in [1.807, 2.05) is 0 Å². The normalized spacial score (nSPS) is 12.5. The Bertz CT molecular complexity index is 884. The van der Waals surface area contributed by atoms with Crippen molar-refractivity contribution >= 4 is 15.7 Å². The number of hydrogen-bond donors (Lipinski definition) is 1. The Kier molecular flexibility index (Phi) is 5.67. The first kappa shape index (κ1) is 20.5. The molecule has 0 aliphatic carbocycles. The highest BCUT2D eigenvalue weighted by Crippen LogP contribution is 2.28. The molecule has 1 aromatic carbocycles. The largest absolute Gasteiger partial charge is 0.516 e. The summed E-state index contributed by atoms with van der Waals surface area (Å²) in [6.07, 6.45) is -3.68. The van der Waals surface area contributed by atoms with Crippen LogP contribution in [-0.4, -0.2) is 36.7 Å². The van der Waals surface area contributed by atoms with Gasteiger partial charge in [0.1, 0.15) is 12.1 Å². The van der Waals surface area contributed by atoms with E-state index in [2.05, 4.69) is 14.7 Å². The van der Waals surface area contributed by atoms with E-state index in [4.69, 9.17) is 4.74 Å². The molecule has 148 valence electrons. The molecule has 2 rings (SSSR count). The minimum absolute atomic E-state index is 0.0189. The van der Waals surface area contributed by atoms with Crippen LogP contribution in [0.2, 0.25) is 0 Å². The van der Waals surface area contributed by atoms with Crippen molar-refractivity contribution in [2.45, 2.75) is 11.7 Å². The van der Waals surface area contributed by atoms with E-state index in [1.54, 1.807) is 0 Å². The standard InChI is InChI=1S/C13H9F6N3O4S/c14-12(15,16)6-25-10-5-11(21-7-20-10)26-9-3-1-8(2-4-9)22-27(23,24)13(17,18)19/h1-5,7,22H,6H2. The van der Waals surface area contributed by atoms with Gasteiger partial charge in [-0.25, -0.2) is 9.97 Å². The molecule has 0 spiro atoms. The molecule has 0 saturated carbocycles. The zero-order valence-corrected chi connectivity index (χ0v) is 13.7. The Labute approximate surface area is 148 Å². The van der Waals surface area contributed by atoms with Crippen molar-refractivity contribution in [3.63, 3.8) is 0 Å². The summed E-state index contributed by atoms with van der Waals surface area (Å²) in [7, 11) is -5.57. The molecule has 1 N–H and O–H groups in total. The monoisotopic (exact) mass is 417 g/mol. The average Bonchev–Trinajstić information content (AvgIpc) is 2.53. The Hall–Kier alpha value is -2.77. The summed E-state index contributed by atoms with van der Waals surface area (Å²) in [5.41, 5.74) is -5.85. The molecule has 27 heavy (non-hydrogen) atoms. The van der Waals surface area contributed by atoms with Gasteiger partial charge in [0.25, 0.3) is 0 Å². The zero-order valence-electron chi connectivity index (χ0n) is 12.9. The number of alkyl halides is 6. The number of nitrogens with one attached hydrogen (secondary N) is 1. The van der Waals surface area contributed by atoms with Gasteiger partial charge in [0.15, 0.2) is 6.61 Å². The Balaban J connectivity index is 2.05. The molecule has 7 nitrogen and oxygen atoms in total. The van der Waals surface area contributed by atoms with Gasteiger partial charge in [-0.15, -0.1) is 0 Å². The van der Waals surface area contributed by atoms with Crippen LogP contribution in [0.3, 0.4) is 0 Å². The molecule has 0 aliphatic rings. The Morgan fingerprint density at radius 1 is 0.963 bits per heavy atom. The highest BCUT2D eigenvalue weighted by atomic mass is 32.2. The zero-order chi connectivity index (χ0) is 20.3. The fourth-order valence-electron chi connectivity index (χ4n) is 1.54. The summed E-state index contributed by atoms with van der Waals surface area (Å²) in [4.78, 5) is 7.10. The highest BCUT2D eigenvalue weighted by Gasteiger charge is 2.46.